The molecule has 1 aliphatic rings. The number of benzene rings is 2. The first-order valence-corrected chi connectivity index (χ1v) is 13.4. The van der Waals surface area contributed by atoms with Crippen molar-refractivity contribution >= 4 is 22.5 Å². The molecule has 7 heteroatoms. The standard InChI is InChI=1S/C24H25N5O.C6H15N/c1-2-27-24(30)29-10-7-21(8-11-29)28-23-14-20(13-19-6-9-26-16-22(19)23)18-5-3-4-17(12-18)15-25;1-4-7(5-2)6-3/h3-6,9,12-14,16,21,28H,2,7-8,10-11H2,1H3,(H,27,30);4-6H2,1-3H3. The van der Waals surface area contributed by atoms with Crippen LogP contribution in [0.15, 0.2) is 54.9 Å². The van der Waals surface area contributed by atoms with E-state index in [1.165, 1.54) is 19.6 Å². The van der Waals surface area contributed by atoms with Gasteiger partial charge in [0.15, 0.2) is 0 Å². The Bertz CT molecular complexity index is 1190. The summed E-state index contributed by atoms with van der Waals surface area (Å²) in [6.45, 7) is 14.2. The first-order chi connectivity index (χ1) is 18.0. The molecular weight excluding hydrogens is 460 g/mol. The molecule has 0 saturated carbocycles. The minimum Gasteiger partial charge on any atom is -0.382 e. The number of piperidine rings is 1. The summed E-state index contributed by atoms with van der Waals surface area (Å²) in [5, 5.41) is 18.0. The maximum atomic E-state index is 12.1. The second kappa shape index (κ2) is 14.2. The molecule has 37 heavy (non-hydrogen) atoms. The van der Waals surface area contributed by atoms with E-state index in [4.69, 9.17) is 0 Å². The average Bonchev–Trinajstić information content (AvgIpc) is 2.95. The number of aromatic nitrogens is 1. The molecule has 2 amide bonds. The van der Waals surface area contributed by atoms with Gasteiger partial charge in [0, 0.05) is 49.1 Å². The predicted molar refractivity (Wildman–Crippen MR) is 153 cm³/mol. The normalized spacial score (nSPS) is 13.6. The van der Waals surface area contributed by atoms with Crippen molar-refractivity contribution in [2.45, 2.75) is 46.6 Å². The first kappa shape index (κ1) is 27.9. The summed E-state index contributed by atoms with van der Waals surface area (Å²) in [5.74, 6) is 0. The molecule has 1 aliphatic heterocycles. The molecule has 2 N–H and O–H groups in total. The minimum atomic E-state index is 0.0185. The Labute approximate surface area is 221 Å². The van der Waals surface area contributed by atoms with E-state index in [1.54, 1.807) is 6.20 Å². The highest BCUT2D eigenvalue weighted by atomic mass is 16.2. The first-order valence-electron chi connectivity index (χ1n) is 13.4. The van der Waals surface area contributed by atoms with Gasteiger partial charge in [0.05, 0.1) is 11.6 Å². The number of rotatable bonds is 7. The number of carbonyl (C=O) groups excluding carboxylic acids is 1. The van der Waals surface area contributed by atoms with Crippen molar-refractivity contribution in [1.29, 1.82) is 5.26 Å². The molecule has 0 radical (unpaired) electrons. The van der Waals surface area contributed by atoms with Crippen LogP contribution in [0.3, 0.4) is 0 Å². The van der Waals surface area contributed by atoms with Gasteiger partial charge in [0.1, 0.15) is 0 Å². The van der Waals surface area contributed by atoms with Gasteiger partial charge in [0.25, 0.3) is 0 Å². The number of likely N-dealkylation sites (tertiary alicyclic amines) is 1. The van der Waals surface area contributed by atoms with Crippen molar-refractivity contribution in [2.75, 3.05) is 44.6 Å². The van der Waals surface area contributed by atoms with E-state index in [0.717, 1.165) is 53.5 Å². The van der Waals surface area contributed by atoms with Gasteiger partial charge in [-0.2, -0.15) is 5.26 Å². The second-order valence-corrected chi connectivity index (χ2v) is 9.17. The molecule has 1 saturated heterocycles. The molecule has 0 bridgehead atoms. The Morgan fingerprint density at radius 1 is 1.05 bits per heavy atom. The molecular formula is C30H40N6O. The number of pyridine rings is 1. The zero-order valence-electron chi connectivity index (χ0n) is 22.6. The van der Waals surface area contributed by atoms with E-state index in [2.05, 4.69) is 59.5 Å². The fraction of sp³-hybridized carbons (Fsp3) is 0.433. The predicted octanol–water partition coefficient (Wildman–Crippen LogP) is 5.73. The molecule has 1 aromatic heterocycles. The molecule has 0 unspecified atom stereocenters. The van der Waals surface area contributed by atoms with E-state index < -0.39 is 0 Å². The number of amides is 2. The van der Waals surface area contributed by atoms with Crippen LogP contribution >= 0.6 is 0 Å². The fourth-order valence-corrected chi connectivity index (χ4v) is 4.63. The molecule has 0 atom stereocenters. The molecule has 196 valence electrons. The number of nitrogens with one attached hydrogen (secondary N) is 2. The number of urea groups is 1. The number of carbonyl (C=O) groups is 1. The van der Waals surface area contributed by atoms with Crippen LogP contribution in [0.4, 0.5) is 10.5 Å². The summed E-state index contributed by atoms with van der Waals surface area (Å²) < 4.78 is 0. The summed E-state index contributed by atoms with van der Waals surface area (Å²) in [6.07, 6.45) is 5.48. The highest BCUT2D eigenvalue weighted by Crippen LogP contribution is 2.32. The van der Waals surface area contributed by atoms with Gasteiger partial charge in [-0.25, -0.2) is 4.79 Å². The van der Waals surface area contributed by atoms with Crippen LogP contribution in [-0.2, 0) is 0 Å². The molecule has 0 spiro atoms. The van der Waals surface area contributed by atoms with Crippen molar-refractivity contribution in [3.05, 3.63) is 60.4 Å². The summed E-state index contributed by atoms with van der Waals surface area (Å²) >= 11 is 0. The van der Waals surface area contributed by atoms with Gasteiger partial charge in [-0.3, -0.25) is 4.98 Å². The van der Waals surface area contributed by atoms with Gasteiger partial charge >= 0.3 is 6.03 Å². The van der Waals surface area contributed by atoms with Crippen molar-refractivity contribution in [2.24, 2.45) is 0 Å². The van der Waals surface area contributed by atoms with E-state index >= 15 is 0 Å². The van der Waals surface area contributed by atoms with Crippen molar-refractivity contribution < 1.29 is 4.79 Å². The zero-order valence-corrected chi connectivity index (χ0v) is 22.6. The lowest BCUT2D eigenvalue weighted by Crippen LogP contribution is -2.46. The molecule has 0 aliphatic carbocycles. The van der Waals surface area contributed by atoms with Crippen LogP contribution in [-0.4, -0.2) is 66.1 Å². The summed E-state index contributed by atoms with van der Waals surface area (Å²) in [7, 11) is 0. The molecule has 2 aromatic carbocycles. The van der Waals surface area contributed by atoms with Crippen molar-refractivity contribution in [3.63, 3.8) is 0 Å². The van der Waals surface area contributed by atoms with E-state index in [9.17, 15) is 10.1 Å². The van der Waals surface area contributed by atoms with Crippen molar-refractivity contribution in [1.82, 2.24) is 20.1 Å². The summed E-state index contributed by atoms with van der Waals surface area (Å²) in [6, 6.07) is 16.5. The highest BCUT2D eigenvalue weighted by molar-refractivity contribution is 5.97. The molecule has 4 rings (SSSR count). The van der Waals surface area contributed by atoms with Gasteiger partial charge < -0.3 is 20.4 Å². The smallest absolute Gasteiger partial charge is 0.317 e. The van der Waals surface area contributed by atoms with Crippen LogP contribution < -0.4 is 10.6 Å². The van der Waals surface area contributed by atoms with Gasteiger partial charge in [-0.05, 0) is 86.2 Å². The number of nitrogens with zero attached hydrogens (tertiary/aromatic N) is 4. The molecule has 1 fully saturated rings. The third kappa shape index (κ3) is 7.68. The van der Waals surface area contributed by atoms with Gasteiger partial charge in [-0.1, -0.05) is 32.9 Å². The fourth-order valence-electron chi connectivity index (χ4n) is 4.63. The van der Waals surface area contributed by atoms with E-state index in [-0.39, 0.29) is 6.03 Å². The topological polar surface area (TPSA) is 84.3 Å². The number of nitriles is 1. The minimum absolute atomic E-state index is 0.0185. The Morgan fingerprint density at radius 3 is 2.41 bits per heavy atom. The highest BCUT2D eigenvalue weighted by Gasteiger charge is 2.23. The van der Waals surface area contributed by atoms with E-state index in [0.29, 0.717) is 18.2 Å². The number of hydrogen-bond donors (Lipinski definition) is 2. The summed E-state index contributed by atoms with van der Waals surface area (Å²) in [5.41, 5.74) is 3.76. The van der Waals surface area contributed by atoms with Crippen molar-refractivity contribution in [3.8, 4) is 17.2 Å². The van der Waals surface area contributed by atoms with Gasteiger partial charge in [0.2, 0.25) is 0 Å². The second-order valence-electron chi connectivity index (χ2n) is 9.17. The monoisotopic (exact) mass is 500 g/mol. The van der Waals surface area contributed by atoms with Crippen LogP contribution in [0.2, 0.25) is 0 Å². The average molecular weight is 501 g/mol. The lowest BCUT2D eigenvalue weighted by Gasteiger charge is -2.33. The SMILES string of the molecule is CCN(CC)CC.CCNC(=O)N1CCC(Nc2cc(-c3cccc(C#N)c3)cc3ccncc23)CC1. The largest absolute Gasteiger partial charge is 0.382 e. The maximum Gasteiger partial charge on any atom is 0.317 e. The van der Waals surface area contributed by atoms with Crippen LogP contribution in [0, 0.1) is 11.3 Å². The maximum absolute atomic E-state index is 12.1. The number of anilines is 1. The molecule has 7 nitrogen and oxygen atoms in total. The Morgan fingerprint density at radius 2 is 1.78 bits per heavy atom. The Hall–Kier alpha value is -3.63. The lowest BCUT2D eigenvalue weighted by molar-refractivity contribution is 0.184. The lowest BCUT2D eigenvalue weighted by atomic mass is 9.98. The van der Waals surface area contributed by atoms with E-state index in [1.807, 2.05) is 48.4 Å². The van der Waals surface area contributed by atoms with Crippen LogP contribution in [0.25, 0.3) is 21.9 Å². The Balaban J connectivity index is 0.000000479. The third-order valence-corrected chi connectivity index (χ3v) is 6.89. The summed E-state index contributed by atoms with van der Waals surface area (Å²) in [4.78, 5) is 20.6. The number of fused-ring (bicyclic) bond motifs is 1. The third-order valence-electron chi connectivity index (χ3n) is 6.89. The molecule has 2 heterocycles. The molecule has 3 aromatic rings. The van der Waals surface area contributed by atoms with Crippen LogP contribution in [0.1, 0.15) is 46.1 Å². The number of hydrogen-bond acceptors (Lipinski definition) is 5. The van der Waals surface area contributed by atoms with Gasteiger partial charge in [-0.15, -0.1) is 0 Å². The Kier molecular flexibility index (Phi) is 10.7. The zero-order chi connectivity index (χ0) is 26.6. The van der Waals surface area contributed by atoms with Crippen LogP contribution in [0.5, 0.6) is 0 Å². The quantitative estimate of drug-likeness (QED) is 0.433.